The van der Waals surface area contributed by atoms with Crippen LogP contribution in [0.2, 0.25) is 0 Å². The molecule has 0 aliphatic carbocycles. The third-order valence-corrected chi connectivity index (χ3v) is 9.12. The van der Waals surface area contributed by atoms with Gasteiger partial charge < -0.3 is 29.4 Å². The maximum atomic E-state index is 13.7. The largest absolute Gasteiger partial charge is 0.449 e. The summed E-state index contributed by atoms with van der Waals surface area (Å²) in [7, 11) is 0. The lowest BCUT2D eigenvalue weighted by Crippen LogP contribution is -2.49. The number of rotatable bonds is 4. The smallest absolute Gasteiger partial charge is 0.223 e. The van der Waals surface area contributed by atoms with Crippen molar-refractivity contribution >= 4 is 17.8 Å². The summed E-state index contributed by atoms with van der Waals surface area (Å²) in [6.45, 7) is 11.6. The van der Waals surface area contributed by atoms with E-state index in [1.54, 1.807) is 27.0 Å². The lowest BCUT2D eigenvalue weighted by molar-refractivity contribution is -0.145. The first-order valence-corrected chi connectivity index (χ1v) is 13.9. The molecule has 0 spiro atoms. The molecule has 3 aliphatic heterocycles. The molecule has 0 aromatic carbocycles. The number of aliphatic hydroxyl groups excluding tert-OH is 2. The zero-order valence-corrected chi connectivity index (χ0v) is 23.5. The van der Waals surface area contributed by atoms with Crippen LogP contribution in [-0.2, 0) is 19.1 Å². The van der Waals surface area contributed by atoms with Gasteiger partial charge in [-0.2, -0.15) is 0 Å². The molecule has 1 aromatic heterocycles. The van der Waals surface area contributed by atoms with Crippen molar-refractivity contribution in [3.8, 4) is 0 Å². The van der Waals surface area contributed by atoms with E-state index in [9.17, 15) is 19.8 Å². The molecule has 9 heteroatoms. The fraction of sp³-hybridized carbons (Fsp3) is 0.759. The molecule has 3 aliphatic rings. The van der Waals surface area contributed by atoms with Crippen LogP contribution in [0, 0.1) is 24.2 Å². The molecular weight excluding hydrogens is 488 g/mol. The SMILES string of the molecule is CCC12C[C@@H](C=Cc3coc(C)n3)NC(=O)C[C@H](O)C(C)(C)C(=O)[C@@H](C3CO3)[C@H](O)[C@@H](C)CCCC1(C)O2. The van der Waals surface area contributed by atoms with Crippen LogP contribution in [0.25, 0.3) is 6.08 Å². The number of nitrogens with one attached hydrogen (secondary N) is 1. The Hall–Kier alpha value is -2.07. The van der Waals surface area contributed by atoms with Crippen LogP contribution in [0.15, 0.2) is 16.8 Å². The van der Waals surface area contributed by atoms with Gasteiger partial charge in [0.25, 0.3) is 0 Å². The minimum absolute atomic E-state index is 0.128. The van der Waals surface area contributed by atoms with Crippen LogP contribution in [-0.4, -0.2) is 69.1 Å². The van der Waals surface area contributed by atoms with Gasteiger partial charge >= 0.3 is 0 Å². The second-order valence-electron chi connectivity index (χ2n) is 12.3. The Bertz CT molecular complexity index is 1050. The van der Waals surface area contributed by atoms with Crippen molar-refractivity contribution in [3.05, 3.63) is 23.9 Å². The van der Waals surface area contributed by atoms with Gasteiger partial charge in [0.1, 0.15) is 17.7 Å². The first-order chi connectivity index (χ1) is 17.8. The van der Waals surface area contributed by atoms with Gasteiger partial charge in [0.15, 0.2) is 5.89 Å². The number of aliphatic hydroxyl groups is 2. The fourth-order valence-corrected chi connectivity index (χ4v) is 6.11. The van der Waals surface area contributed by atoms with Crippen LogP contribution in [0.4, 0.5) is 0 Å². The zero-order valence-electron chi connectivity index (χ0n) is 23.5. The van der Waals surface area contributed by atoms with Crippen LogP contribution in [0.3, 0.4) is 0 Å². The number of epoxide rings is 2. The second-order valence-corrected chi connectivity index (χ2v) is 12.3. The average Bonchev–Trinajstić information content (AvgIpc) is 3.74. The molecule has 4 rings (SSSR count). The van der Waals surface area contributed by atoms with Gasteiger partial charge in [0.05, 0.1) is 59.9 Å². The van der Waals surface area contributed by atoms with E-state index >= 15 is 0 Å². The van der Waals surface area contributed by atoms with E-state index in [1.807, 2.05) is 19.1 Å². The second kappa shape index (κ2) is 10.8. The van der Waals surface area contributed by atoms with Crippen molar-refractivity contribution in [2.75, 3.05) is 6.61 Å². The molecule has 9 nitrogen and oxygen atoms in total. The molecule has 1 aromatic rings. The number of fused-ring (bicyclic) bond motifs is 1. The van der Waals surface area contributed by atoms with E-state index in [4.69, 9.17) is 13.9 Å². The highest BCUT2D eigenvalue weighted by atomic mass is 16.6. The van der Waals surface area contributed by atoms with Crippen molar-refractivity contribution in [2.45, 2.75) is 116 Å². The van der Waals surface area contributed by atoms with Crippen LogP contribution < -0.4 is 5.32 Å². The van der Waals surface area contributed by atoms with Crippen molar-refractivity contribution in [1.82, 2.24) is 10.3 Å². The highest BCUT2D eigenvalue weighted by molar-refractivity contribution is 5.89. The summed E-state index contributed by atoms with van der Waals surface area (Å²) < 4.78 is 17.1. The highest BCUT2D eigenvalue weighted by Crippen LogP contribution is 2.56. The predicted octanol–water partition coefficient (Wildman–Crippen LogP) is 3.35. The molecule has 4 heterocycles. The molecule has 0 saturated carbocycles. The monoisotopic (exact) mass is 532 g/mol. The first kappa shape index (κ1) is 28.9. The minimum atomic E-state index is -1.24. The summed E-state index contributed by atoms with van der Waals surface area (Å²) in [4.78, 5) is 31.1. The van der Waals surface area contributed by atoms with Crippen LogP contribution in [0.1, 0.15) is 84.7 Å². The lowest BCUT2D eigenvalue weighted by Gasteiger charge is -2.35. The Labute approximate surface area is 225 Å². The van der Waals surface area contributed by atoms with E-state index in [2.05, 4.69) is 24.1 Å². The number of aryl methyl sites for hydroxylation is 1. The molecule has 1 amide bonds. The normalized spacial score (nSPS) is 40.5. The number of ketones is 1. The summed E-state index contributed by atoms with van der Waals surface area (Å²) in [5.41, 5.74) is -1.33. The highest BCUT2D eigenvalue weighted by Gasteiger charge is 2.65. The first-order valence-electron chi connectivity index (χ1n) is 13.9. The number of hydrogen-bond acceptors (Lipinski definition) is 8. The van der Waals surface area contributed by atoms with Crippen molar-refractivity contribution < 1.29 is 33.7 Å². The molecule has 38 heavy (non-hydrogen) atoms. The molecular formula is C29H44N2O7. The number of carbonyl (C=O) groups excluding carboxylic acids is 2. The molecule has 3 saturated heterocycles. The predicted molar refractivity (Wildman–Crippen MR) is 141 cm³/mol. The number of aromatic nitrogens is 1. The van der Waals surface area contributed by atoms with Crippen molar-refractivity contribution in [2.24, 2.45) is 17.3 Å². The molecule has 0 radical (unpaired) electrons. The third kappa shape index (κ3) is 5.91. The fourth-order valence-electron chi connectivity index (χ4n) is 6.11. The summed E-state index contributed by atoms with van der Waals surface area (Å²) in [5.74, 6) is -0.948. The van der Waals surface area contributed by atoms with Gasteiger partial charge in [-0.3, -0.25) is 9.59 Å². The van der Waals surface area contributed by atoms with Gasteiger partial charge in [0, 0.05) is 13.3 Å². The Morgan fingerprint density at radius 1 is 1.24 bits per heavy atom. The number of oxazole rings is 1. The Morgan fingerprint density at radius 3 is 2.55 bits per heavy atom. The Balaban J connectivity index is 1.61. The average molecular weight is 533 g/mol. The standard InChI is InChI=1S/C29H44N2O7/c1-7-29-14-19(10-11-20-15-36-18(3)30-20)31-23(33)13-22(32)27(4,5)26(35)24(21-16-37-21)25(34)17(2)9-8-12-28(29,6)38-29/h10-11,15,17,19,21-22,24-25,32,34H,7-9,12-14,16H2,1-6H3,(H,31,33)/t17-,19+,21?,22-,24-,25+,28?,29?/m0/s1. The molecule has 3 fully saturated rings. The minimum Gasteiger partial charge on any atom is -0.449 e. The van der Waals surface area contributed by atoms with Gasteiger partial charge in [-0.1, -0.05) is 40.2 Å². The van der Waals surface area contributed by atoms with E-state index in [-0.39, 0.29) is 41.8 Å². The van der Waals surface area contributed by atoms with Gasteiger partial charge in [0.2, 0.25) is 5.91 Å². The molecule has 3 unspecified atom stereocenters. The summed E-state index contributed by atoms with van der Waals surface area (Å²) in [5, 5.41) is 25.3. The molecule has 212 valence electrons. The van der Waals surface area contributed by atoms with Crippen LogP contribution >= 0.6 is 0 Å². The lowest BCUT2D eigenvalue weighted by atomic mass is 9.71. The summed E-state index contributed by atoms with van der Waals surface area (Å²) in [6.07, 6.45) is 6.29. The van der Waals surface area contributed by atoms with E-state index < -0.39 is 29.1 Å². The summed E-state index contributed by atoms with van der Waals surface area (Å²) in [6, 6.07) is -0.367. The number of ether oxygens (including phenoxy) is 2. The van der Waals surface area contributed by atoms with Crippen molar-refractivity contribution in [1.29, 1.82) is 0 Å². The van der Waals surface area contributed by atoms with Gasteiger partial charge in [-0.15, -0.1) is 0 Å². The van der Waals surface area contributed by atoms with Gasteiger partial charge in [-0.25, -0.2) is 4.98 Å². The van der Waals surface area contributed by atoms with E-state index in [0.717, 1.165) is 25.7 Å². The third-order valence-electron chi connectivity index (χ3n) is 9.12. The topological polar surface area (TPSA) is 138 Å². The maximum absolute atomic E-state index is 13.7. The molecule has 3 N–H and O–H groups in total. The quantitative estimate of drug-likeness (QED) is 0.502. The zero-order chi connectivity index (χ0) is 27.9. The van der Waals surface area contributed by atoms with Gasteiger partial charge in [-0.05, 0) is 38.2 Å². The van der Waals surface area contributed by atoms with Crippen LogP contribution in [0.5, 0.6) is 0 Å². The maximum Gasteiger partial charge on any atom is 0.223 e. The molecule has 8 atom stereocenters. The van der Waals surface area contributed by atoms with E-state index in [0.29, 0.717) is 24.6 Å². The Morgan fingerprint density at radius 2 is 1.95 bits per heavy atom. The Kier molecular flexibility index (Phi) is 8.25. The number of carbonyl (C=O) groups is 2. The van der Waals surface area contributed by atoms with E-state index in [1.165, 1.54) is 0 Å². The number of nitrogens with zero attached hydrogens (tertiary/aromatic N) is 1. The number of Topliss-reactive ketones (excluding diaryl/α,β-unsaturated/α-hetero) is 1. The molecule has 0 bridgehead atoms. The van der Waals surface area contributed by atoms with Crippen molar-refractivity contribution in [3.63, 3.8) is 0 Å². The number of hydrogen-bond donors (Lipinski definition) is 3. The number of amides is 1. The summed E-state index contributed by atoms with van der Waals surface area (Å²) >= 11 is 0.